The molecule has 0 aromatic carbocycles. The van der Waals surface area contributed by atoms with E-state index in [0.717, 1.165) is 6.92 Å². The Balaban J connectivity index is 2.88. The van der Waals surface area contributed by atoms with Crippen LogP contribution in [0.25, 0.3) is 0 Å². The van der Waals surface area contributed by atoms with E-state index in [9.17, 15) is 14.9 Å². The van der Waals surface area contributed by atoms with Crippen molar-refractivity contribution in [3.8, 4) is 0 Å². The van der Waals surface area contributed by atoms with Crippen molar-refractivity contribution in [2.45, 2.75) is 6.92 Å². The molecule has 5 nitrogen and oxygen atoms in total. The monoisotopic (exact) mass is 189 g/mol. The summed E-state index contributed by atoms with van der Waals surface area (Å²) in [5.41, 5.74) is 0. The van der Waals surface area contributed by atoms with E-state index in [1.807, 2.05) is 0 Å². The maximum atomic E-state index is 10.5. The van der Waals surface area contributed by atoms with Gasteiger partial charge in [-0.2, -0.15) is 0 Å². The standard InChI is InChI=1S/C6H7NO4S/c1-6(8)11-12(7(9)10)4-2-3-5-12/h2-5H,1H3. The van der Waals surface area contributed by atoms with E-state index in [1.165, 1.54) is 23.0 Å². The van der Waals surface area contributed by atoms with Crippen LogP contribution in [0, 0.1) is 10.1 Å². The molecule has 0 unspecified atom stereocenters. The topological polar surface area (TPSA) is 69.4 Å². The summed E-state index contributed by atoms with van der Waals surface area (Å²) in [6.45, 7) is 1.15. The Hall–Kier alpha value is -1.30. The van der Waals surface area contributed by atoms with E-state index >= 15 is 0 Å². The maximum absolute atomic E-state index is 10.5. The first-order valence-corrected chi connectivity index (χ1v) is 4.74. The SMILES string of the molecule is CC(=O)OS1([N+](=O)[O-])C=CC=C1. The van der Waals surface area contributed by atoms with Crippen LogP contribution in [0.3, 0.4) is 0 Å². The highest BCUT2D eigenvalue weighted by Crippen LogP contribution is 2.54. The fraction of sp³-hybridized carbons (Fsp3) is 0.167. The van der Waals surface area contributed by atoms with E-state index in [4.69, 9.17) is 0 Å². The molecule has 6 heteroatoms. The number of nitrogens with zero attached hydrogens (tertiary/aromatic N) is 1. The second-order valence-corrected chi connectivity index (χ2v) is 4.31. The molecular formula is C6H7NO4S. The molecular weight excluding hydrogens is 182 g/mol. The number of hydrogen-bond donors (Lipinski definition) is 0. The molecule has 1 aliphatic rings. The van der Waals surface area contributed by atoms with Crippen molar-refractivity contribution in [3.63, 3.8) is 0 Å². The Morgan fingerprint density at radius 2 is 2.00 bits per heavy atom. The second kappa shape index (κ2) is 2.98. The molecule has 1 aliphatic heterocycles. The Bertz CT molecular complexity index is 271. The molecule has 0 aromatic rings. The predicted octanol–water partition coefficient (Wildman–Crippen LogP) is 1.50. The van der Waals surface area contributed by atoms with Crippen molar-refractivity contribution in [1.29, 1.82) is 0 Å². The number of carbonyl (C=O) groups excluding carboxylic acids is 1. The third-order valence-corrected chi connectivity index (χ3v) is 3.20. The first-order chi connectivity index (χ1) is 5.57. The van der Waals surface area contributed by atoms with Gasteiger partial charge in [-0.05, 0) is 12.2 Å². The average Bonchev–Trinajstić information content (AvgIpc) is 2.35. The number of rotatable bonds is 2. The fourth-order valence-electron chi connectivity index (χ4n) is 0.735. The normalized spacial score (nSPS) is 20.4. The van der Waals surface area contributed by atoms with E-state index in [0.29, 0.717) is 0 Å². The zero-order valence-electron chi connectivity index (χ0n) is 6.30. The van der Waals surface area contributed by atoms with Crippen molar-refractivity contribution < 1.29 is 13.3 Å². The quantitative estimate of drug-likeness (QED) is 0.487. The van der Waals surface area contributed by atoms with Gasteiger partial charge in [0.1, 0.15) is 4.33 Å². The summed E-state index contributed by atoms with van der Waals surface area (Å²) < 4.78 is 4.06. The first-order valence-electron chi connectivity index (χ1n) is 3.09. The highest BCUT2D eigenvalue weighted by atomic mass is 32.3. The summed E-state index contributed by atoms with van der Waals surface area (Å²) in [5.74, 6) is -0.641. The molecule has 0 aliphatic carbocycles. The smallest absolute Gasteiger partial charge is 0.318 e. The third-order valence-electron chi connectivity index (χ3n) is 1.14. The molecule has 0 bridgehead atoms. The molecule has 0 amide bonds. The van der Waals surface area contributed by atoms with Crippen LogP contribution in [0.15, 0.2) is 23.0 Å². The van der Waals surface area contributed by atoms with Crippen molar-refractivity contribution in [2.24, 2.45) is 0 Å². The largest absolute Gasteiger partial charge is 0.351 e. The molecule has 0 spiro atoms. The van der Waals surface area contributed by atoms with Crippen LogP contribution in [-0.4, -0.2) is 10.3 Å². The second-order valence-electron chi connectivity index (χ2n) is 2.07. The Kier molecular flexibility index (Phi) is 2.18. The van der Waals surface area contributed by atoms with Crippen LogP contribution in [-0.2, 0) is 8.98 Å². The van der Waals surface area contributed by atoms with Gasteiger partial charge in [0.25, 0.3) is 0 Å². The number of carbonyl (C=O) groups is 1. The first kappa shape index (κ1) is 8.79. The van der Waals surface area contributed by atoms with Gasteiger partial charge in [0, 0.05) is 6.92 Å². The molecule has 1 heterocycles. The van der Waals surface area contributed by atoms with E-state index in [1.54, 1.807) is 0 Å². The predicted molar refractivity (Wildman–Crippen MR) is 44.6 cm³/mol. The van der Waals surface area contributed by atoms with Crippen molar-refractivity contribution in [1.82, 2.24) is 0 Å². The van der Waals surface area contributed by atoms with Crippen LogP contribution >= 0.6 is 10.5 Å². The highest BCUT2D eigenvalue weighted by Gasteiger charge is 2.36. The minimum absolute atomic E-state index is 0.575. The number of allylic oxidation sites excluding steroid dienone is 2. The van der Waals surface area contributed by atoms with Crippen LogP contribution in [0.5, 0.6) is 0 Å². The van der Waals surface area contributed by atoms with Crippen molar-refractivity contribution in [2.75, 3.05) is 0 Å². The summed E-state index contributed by atoms with van der Waals surface area (Å²) in [6.07, 6.45) is 3.00. The lowest BCUT2D eigenvalue weighted by molar-refractivity contribution is -0.303. The minimum Gasteiger partial charge on any atom is -0.351 e. The Morgan fingerprint density at radius 1 is 1.50 bits per heavy atom. The van der Waals surface area contributed by atoms with E-state index in [-0.39, 0.29) is 0 Å². The summed E-state index contributed by atoms with van der Waals surface area (Å²) in [5, 5.41) is 13.1. The summed E-state index contributed by atoms with van der Waals surface area (Å²) in [7, 11) is -2.67. The maximum Gasteiger partial charge on any atom is 0.318 e. The lowest BCUT2D eigenvalue weighted by atomic mass is 10.6. The van der Waals surface area contributed by atoms with Gasteiger partial charge >= 0.3 is 5.97 Å². The van der Waals surface area contributed by atoms with Crippen molar-refractivity contribution >= 4 is 16.5 Å². The molecule has 0 aromatic heterocycles. The molecule has 0 fully saturated rings. The molecule has 0 saturated heterocycles. The molecule has 1 rings (SSSR count). The van der Waals surface area contributed by atoms with Gasteiger partial charge in [0.05, 0.1) is 10.8 Å². The summed E-state index contributed by atoms with van der Waals surface area (Å²) in [4.78, 5) is 21.1. The molecule has 0 atom stereocenters. The lowest BCUT2D eigenvalue weighted by Gasteiger charge is -2.18. The molecule has 0 saturated carbocycles. The number of nitro groups is 1. The Labute approximate surface area is 70.5 Å². The molecule has 12 heavy (non-hydrogen) atoms. The fourth-order valence-corrected chi connectivity index (χ4v) is 2.20. The molecule has 66 valence electrons. The van der Waals surface area contributed by atoms with Crippen LogP contribution in [0.4, 0.5) is 0 Å². The van der Waals surface area contributed by atoms with Gasteiger partial charge in [-0.3, -0.25) is 4.79 Å². The summed E-state index contributed by atoms with van der Waals surface area (Å²) >= 11 is 0. The zero-order chi connectivity index (χ0) is 9.19. The van der Waals surface area contributed by atoms with Crippen LogP contribution in [0.1, 0.15) is 6.92 Å². The zero-order valence-corrected chi connectivity index (χ0v) is 7.11. The highest BCUT2D eigenvalue weighted by molar-refractivity contribution is 8.30. The lowest BCUT2D eigenvalue weighted by Crippen LogP contribution is -2.11. The summed E-state index contributed by atoms with van der Waals surface area (Å²) in [6, 6.07) is 0. The van der Waals surface area contributed by atoms with E-state index in [2.05, 4.69) is 4.18 Å². The van der Waals surface area contributed by atoms with Gasteiger partial charge in [-0.25, -0.2) is 10.1 Å². The van der Waals surface area contributed by atoms with Gasteiger partial charge < -0.3 is 4.18 Å². The van der Waals surface area contributed by atoms with Gasteiger partial charge in [0.15, 0.2) is 0 Å². The number of hydrogen-bond acceptors (Lipinski definition) is 4. The molecule has 0 radical (unpaired) electrons. The minimum atomic E-state index is -2.67. The molecule has 0 N–H and O–H groups in total. The average molecular weight is 189 g/mol. The third kappa shape index (κ3) is 1.48. The van der Waals surface area contributed by atoms with Crippen LogP contribution in [0.2, 0.25) is 0 Å². The Morgan fingerprint density at radius 3 is 2.33 bits per heavy atom. The van der Waals surface area contributed by atoms with Gasteiger partial charge in [-0.1, -0.05) is 0 Å². The van der Waals surface area contributed by atoms with Crippen LogP contribution < -0.4 is 0 Å². The van der Waals surface area contributed by atoms with Crippen molar-refractivity contribution in [3.05, 3.63) is 33.1 Å². The van der Waals surface area contributed by atoms with E-state index < -0.39 is 20.8 Å². The van der Waals surface area contributed by atoms with Gasteiger partial charge in [-0.15, -0.1) is 0 Å². The van der Waals surface area contributed by atoms with Gasteiger partial charge in [0.2, 0.25) is 10.5 Å².